The Balaban J connectivity index is 1.61. The van der Waals surface area contributed by atoms with Gasteiger partial charge in [-0.2, -0.15) is 0 Å². The second-order valence-corrected chi connectivity index (χ2v) is 10.6. The third-order valence-electron chi connectivity index (χ3n) is 8.23. The maximum absolute atomic E-state index is 12.2. The number of hydrogen-bond donors (Lipinski definition) is 1. The zero-order valence-electron chi connectivity index (χ0n) is 19.4. The molecule has 2 fully saturated rings. The predicted octanol–water partition coefficient (Wildman–Crippen LogP) is 2.41. The third kappa shape index (κ3) is 3.06. The molecule has 1 saturated carbocycles. The van der Waals surface area contributed by atoms with Gasteiger partial charge >= 0.3 is 0 Å². The van der Waals surface area contributed by atoms with E-state index in [1.165, 1.54) is 18.4 Å². The lowest BCUT2D eigenvalue weighted by molar-refractivity contribution is -1.06. The molecule has 33 heavy (non-hydrogen) atoms. The normalized spacial score (nSPS) is 36.6. The smallest absolute Gasteiger partial charge is 0.253 e. The molecule has 6 rings (SSSR count). The monoisotopic (exact) mass is 447 g/mol. The first kappa shape index (κ1) is 20.8. The number of aliphatic imine (C=N–C) groups is 1. The predicted molar refractivity (Wildman–Crippen MR) is 126 cm³/mol. The molecule has 0 aromatic heterocycles. The molecule has 7 heteroatoms. The number of nitrogens with two attached hydrogens (primary N) is 1. The van der Waals surface area contributed by atoms with Gasteiger partial charge in [-0.1, -0.05) is 42.5 Å². The van der Waals surface area contributed by atoms with Crippen LogP contribution in [0.5, 0.6) is 0 Å². The summed E-state index contributed by atoms with van der Waals surface area (Å²) in [6.07, 6.45) is 13.0. The first-order valence-corrected chi connectivity index (χ1v) is 12.0. The van der Waals surface area contributed by atoms with E-state index in [1.807, 2.05) is 24.4 Å². The summed E-state index contributed by atoms with van der Waals surface area (Å²) in [4.78, 5) is 19.4. The average Bonchev–Trinajstić information content (AvgIpc) is 3.66. The molecule has 1 aromatic rings. The van der Waals surface area contributed by atoms with Crippen LogP contribution in [0.15, 0.2) is 71.1 Å². The van der Waals surface area contributed by atoms with Gasteiger partial charge < -0.3 is 10.6 Å². The van der Waals surface area contributed by atoms with Crippen molar-refractivity contribution < 1.29 is 18.5 Å². The van der Waals surface area contributed by atoms with E-state index in [1.54, 1.807) is 0 Å². The van der Waals surface area contributed by atoms with Crippen LogP contribution in [-0.2, 0) is 9.53 Å². The zero-order valence-corrected chi connectivity index (χ0v) is 19.4. The number of rotatable bonds is 3. The summed E-state index contributed by atoms with van der Waals surface area (Å²) < 4.78 is 8.88. The standard InChI is InChI=1S/C26H32N5O2/c1-30(2)15-16-31(21-10-11-21)22-18-29(14-13-28-22)26(12-6-9-20(17-26)24(27)32)33-25(30)23(31)19-7-4-3-5-8-19/h3-9,13,17-18,21,23,25H,10-12,14-16H2,1-2H3,(H-,27,32)/q+1/p+1. The van der Waals surface area contributed by atoms with Crippen LogP contribution in [0.25, 0.3) is 0 Å². The summed E-state index contributed by atoms with van der Waals surface area (Å²) in [7, 11) is 4.55. The molecular weight excluding hydrogens is 414 g/mol. The number of nitrogens with zero attached hydrogens (tertiary/aromatic N) is 4. The molecule has 4 bridgehead atoms. The van der Waals surface area contributed by atoms with E-state index < -0.39 is 11.6 Å². The van der Waals surface area contributed by atoms with Gasteiger partial charge in [0.15, 0.2) is 5.72 Å². The number of hydrogen-bond acceptors (Lipinski definition) is 4. The third-order valence-corrected chi connectivity index (χ3v) is 8.23. The van der Waals surface area contributed by atoms with Crippen molar-refractivity contribution in [1.82, 2.24) is 4.90 Å². The van der Waals surface area contributed by atoms with Crippen LogP contribution in [-0.4, -0.2) is 77.7 Å². The number of amides is 1. The molecule has 5 aliphatic rings. The van der Waals surface area contributed by atoms with Gasteiger partial charge in [0.05, 0.1) is 32.9 Å². The second kappa shape index (κ2) is 7.13. The van der Waals surface area contributed by atoms with E-state index in [2.05, 4.69) is 55.5 Å². The van der Waals surface area contributed by atoms with E-state index >= 15 is 0 Å². The Morgan fingerprint density at radius 2 is 2.00 bits per heavy atom. The Bertz CT molecular complexity index is 1100. The Labute approximate surface area is 195 Å². The van der Waals surface area contributed by atoms with Crippen LogP contribution in [0.3, 0.4) is 0 Å². The number of benzene rings is 1. The maximum atomic E-state index is 12.2. The number of piperazine rings is 1. The minimum Gasteiger partial charge on any atom is -0.366 e. The molecule has 4 unspecified atom stereocenters. The lowest BCUT2D eigenvalue weighted by Crippen LogP contribution is -2.74. The summed E-state index contributed by atoms with van der Waals surface area (Å²) in [6, 6.07) is 11.5. The van der Waals surface area contributed by atoms with Crippen LogP contribution >= 0.6 is 0 Å². The number of quaternary nitrogens is 2. The van der Waals surface area contributed by atoms with Crippen molar-refractivity contribution in [1.29, 1.82) is 0 Å². The highest BCUT2D eigenvalue weighted by Gasteiger charge is 2.66. The molecule has 0 radical (unpaired) electrons. The van der Waals surface area contributed by atoms with Crippen LogP contribution < -0.4 is 5.73 Å². The van der Waals surface area contributed by atoms with Crippen molar-refractivity contribution in [2.75, 3.05) is 33.7 Å². The largest absolute Gasteiger partial charge is 0.366 e. The van der Waals surface area contributed by atoms with Crippen molar-refractivity contribution in [3.05, 3.63) is 71.7 Å². The second-order valence-electron chi connectivity index (χ2n) is 10.6. The number of ether oxygens (including phenoxy) is 1. The van der Waals surface area contributed by atoms with Crippen molar-refractivity contribution in [3.8, 4) is 0 Å². The number of primary amides is 1. The molecule has 1 aromatic carbocycles. The molecule has 3 aliphatic heterocycles. The average molecular weight is 448 g/mol. The minimum atomic E-state index is -0.777. The van der Waals surface area contributed by atoms with Gasteiger partial charge in [-0.05, 0) is 6.08 Å². The number of likely N-dealkylation sites (N-methyl/N-ethyl adjacent to an activating group) is 1. The fraction of sp³-hybridized carbons (Fsp3) is 0.462. The molecule has 172 valence electrons. The van der Waals surface area contributed by atoms with Crippen molar-refractivity contribution >= 4 is 12.1 Å². The molecule has 7 nitrogen and oxygen atoms in total. The summed E-state index contributed by atoms with van der Waals surface area (Å²) in [6.45, 7) is 2.67. The Morgan fingerprint density at radius 1 is 1.21 bits per heavy atom. The van der Waals surface area contributed by atoms with Gasteiger partial charge in [-0.3, -0.25) is 18.5 Å². The van der Waals surface area contributed by atoms with Crippen molar-refractivity contribution in [2.45, 2.75) is 43.3 Å². The fourth-order valence-electron chi connectivity index (χ4n) is 6.32. The number of carbonyl (C=O) groups is 1. The molecule has 2 aliphatic carbocycles. The summed E-state index contributed by atoms with van der Waals surface area (Å²) in [5.41, 5.74) is 6.73. The van der Waals surface area contributed by atoms with Gasteiger partial charge in [0.1, 0.15) is 13.1 Å². The highest BCUT2D eigenvalue weighted by Crippen LogP contribution is 2.54. The summed E-state index contributed by atoms with van der Waals surface area (Å²) in [5, 5.41) is 0. The van der Waals surface area contributed by atoms with Gasteiger partial charge in [0, 0.05) is 36.6 Å². The number of fused-ring (bicyclic) bond motifs is 5. The fourth-order valence-corrected chi connectivity index (χ4v) is 6.32. The van der Waals surface area contributed by atoms with E-state index in [0.717, 1.165) is 27.9 Å². The van der Waals surface area contributed by atoms with Crippen molar-refractivity contribution in [2.24, 2.45) is 10.7 Å². The lowest BCUT2D eigenvalue weighted by atomic mass is 9.91. The highest BCUT2D eigenvalue weighted by molar-refractivity contribution is 5.95. The lowest BCUT2D eigenvalue weighted by Gasteiger charge is -2.59. The number of carbonyl (C=O) groups excluding carboxylic acids is 1. The van der Waals surface area contributed by atoms with Crippen LogP contribution in [0, 0.1) is 0 Å². The van der Waals surface area contributed by atoms with Crippen molar-refractivity contribution in [3.63, 3.8) is 0 Å². The molecule has 4 atom stereocenters. The molecule has 1 saturated heterocycles. The van der Waals surface area contributed by atoms with E-state index in [0.29, 0.717) is 24.6 Å². The maximum Gasteiger partial charge on any atom is 0.253 e. The molecule has 1 amide bonds. The summed E-state index contributed by atoms with van der Waals surface area (Å²) >= 11 is 0. The Morgan fingerprint density at radius 3 is 2.73 bits per heavy atom. The van der Waals surface area contributed by atoms with Gasteiger partial charge in [-0.15, -0.1) is 0 Å². The van der Waals surface area contributed by atoms with E-state index in [-0.39, 0.29) is 12.3 Å². The van der Waals surface area contributed by atoms with Crippen LogP contribution in [0.1, 0.15) is 30.9 Å². The van der Waals surface area contributed by atoms with Gasteiger partial charge in [0.25, 0.3) is 6.23 Å². The topological polar surface area (TPSA) is 67.9 Å². The van der Waals surface area contributed by atoms with Crippen LogP contribution in [0.2, 0.25) is 0 Å². The highest BCUT2D eigenvalue weighted by atomic mass is 16.5. The molecular formula is C26H33N5O2+2. The van der Waals surface area contributed by atoms with Gasteiger partial charge in [0.2, 0.25) is 17.8 Å². The SMILES string of the molecule is C[N+]1(C)CC[N+]2(C3CC3)C3=CN(CC=N3)C3(C=C(C(N)=O)C=CC3)OC1C2c1ccccc1. The van der Waals surface area contributed by atoms with E-state index in [4.69, 9.17) is 15.5 Å². The Kier molecular flexibility index (Phi) is 4.50. The molecule has 3 heterocycles. The summed E-state index contributed by atoms with van der Waals surface area (Å²) in [5.74, 6) is 0.694. The Hall–Kier alpha value is -2.74. The van der Waals surface area contributed by atoms with Crippen LogP contribution in [0.4, 0.5) is 0 Å². The molecule has 2 N–H and O–H groups in total. The molecule has 1 spiro atoms. The van der Waals surface area contributed by atoms with Gasteiger partial charge in [-0.25, -0.2) is 4.99 Å². The minimum absolute atomic E-state index is 0.110. The van der Waals surface area contributed by atoms with E-state index in [9.17, 15) is 4.79 Å². The first-order chi connectivity index (χ1) is 15.9. The quantitative estimate of drug-likeness (QED) is 0.724. The first-order valence-electron chi connectivity index (χ1n) is 12.0. The zero-order chi connectivity index (χ0) is 22.8.